The summed E-state index contributed by atoms with van der Waals surface area (Å²) in [6.45, 7) is 2.06. The van der Waals surface area contributed by atoms with Gasteiger partial charge in [0.15, 0.2) is 0 Å². The molecule has 4 nitrogen and oxygen atoms in total. The first-order chi connectivity index (χ1) is 7.09. The van der Waals surface area contributed by atoms with Crippen molar-refractivity contribution in [3.63, 3.8) is 0 Å². The lowest BCUT2D eigenvalue weighted by Gasteiger charge is -2.18. The van der Waals surface area contributed by atoms with Crippen LogP contribution in [0.5, 0.6) is 0 Å². The molecule has 5 heteroatoms. The third-order valence-corrected chi connectivity index (χ3v) is 4.48. The van der Waals surface area contributed by atoms with Crippen molar-refractivity contribution in [1.82, 2.24) is 4.72 Å². The van der Waals surface area contributed by atoms with E-state index in [0.29, 0.717) is 6.42 Å². The number of hydrogen-bond acceptors (Lipinski definition) is 3. The van der Waals surface area contributed by atoms with E-state index in [1.807, 2.05) is 6.92 Å². The number of nitrogens with one attached hydrogen (secondary N) is 1. The van der Waals surface area contributed by atoms with Gasteiger partial charge in [-0.05, 0) is 25.2 Å². The maximum absolute atomic E-state index is 11.6. The van der Waals surface area contributed by atoms with Crippen LogP contribution >= 0.6 is 0 Å². The van der Waals surface area contributed by atoms with E-state index < -0.39 is 10.0 Å². The summed E-state index contributed by atoms with van der Waals surface area (Å²) in [5, 5.41) is 9.07. The van der Waals surface area contributed by atoms with Crippen LogP contribution in [0, 0.1) is 5.92 Å². The first kappa shape index (κ1) is 12.9. The van der Waals surface area contributed by atoms with Crippen LogP contribution in [0.2, 0.25) is 0 Å². The highest BCUT2D eigenvalue weighted by Crippen LogP contribution is 2.25. The normalized spacial score (nSPS) is 27.1. The molecule has 0 heterocycles. The van der Waals surface area contributed by atoms with E-state index in [1.54, 1.807) is 0 Å². The maximum Gasteiger partial charge on any atom is 0.211 e. The molecule has 0 spiro atoms. The number of unbranched alkanes of at least 4 members (excludes halogenated alkanes) is 1. The van der Waals surface area contributed by atoms with Gasteiger partial charge < -0.3 is 5.11 Å². The molecule has 0 aromatic heterocycles. The van der Waals surface area contributed by atoms with Gasteiger partial charge in [0.25, 0.3) is 0 Å². The van der Waals surface area contributed by atoms with E-state index in [4.69, 9.17) is 5.11 Å². The van der Waals surface area contributed by atoms with Gasteiger partial charge in [0, 0.05) is 12.6 Å². The van der Waals surface area contributed by atoms with Gasteiger partial charge in [0.2, 0.25) is 10.0 Å². The maximum atomic E-state index is 11.6. The highest BCUT2D eigenvalue weighted by Gasteiger charge is 2.29. The van der Waals surface area contributed by atoms with E-state index in [-0.39, 0.29) is 24.3 Å². The van der Waals surface area contributed by atoms with E-state index in [1.165, 1.54) is 0 Å². The van der Waals surface area contributed by atoms with Gasteiger partial charge in [0.1, 0.15) is 0 Å². The van der Waals surface area contributed by atoms with E-state index in [2.05, 4.69) is 4.72 Å². The van der Waals surface area contributed by atoms with Gasteiger partial charge in [-0.15, -0.1) is 0 Å². The van der Waals surface area contributed by atoms with Gasteiger partial charge in [-0.2, -0.15) is 0 Å². The van der Waals surface area contributed by atoms with Gasteiger partial charge in [0.05, 0.1) is 5.75 Å². The Kier molecular flexibility index (Phi) is 5.02. The van der Waals surface area contributed by atoms with Crippen molar-refractivity contribution in [3.8, 4) is 0 Å². The second kappa shape index (κ2) is 5.82. The van der Waals surface area contributed by atoms with Crippen LogP contribution in [-0.4, -0.2) is 31.9 Å². The lowest BCUT2D eigenvalue weighted by Crippen LogP contribution is -2.39. The second-order valence-corrected chi connectivity index (χ2v) is 6.14. The molecule has 15 heavy (non-hydrogen) atoms. The lowest BCUT2D eigenvalue weighted by molar-refractivity contribution is 0.213. The molecular weight excluding hydrogens is 214 g/mol. The third kappa shape index (κ3) is 4.09. The van der Waals surface area contributed by atoms with E-state index in [0.717, 1.165) is 25.7 Å². The smallest absolute Gasteiger partial charge is 0.211 e. The predicted molar refractivity (Wildman–Crippen MR) is 60.0 cm³/mol. The molecule has 2 N–H and O–H groups in total. The summed E-state index contributed by atoms with van der Waals surface area (Å²) in [6, 6.07) is -0.0446. The molecular formula is C10H21NO3S. The Morgan fingerprint density at radius 2 is 2.13 bits per heavy atom. The molecule has 1 aliphatic carbocycles. The van der Waals surface area contributed by atoms with Crippen LogP contribution in [0.4, 0.5) is 0 Å². The minimum absolute atomic E-state index is 0.0446. The van der Waals surface area contributed by atoms with Crippen LogP contribution in [0.3, 0.4) is 0 Å². The van der Waals surface area contributed by atoms with Crippen molar-refractivity contribution in [1.29, 1.82) is 0 Å². The molecule has 1 saturated carbocycles. The SMILES string of the molecule is CCCCS(=O)(=O)NC1CCCC1CO. The van der Waals surface area contributed by atoms with Crippen molar-refractivity contribution < 1.29 is 13.5 Å². The summed E-state index contributed by atoms with van der Waals surface area (Å²) in [5.41, 5.74) is 0. The third-order valence-electron chi connectivity index (χ3n) is 2.99. The quantitative estimate of drug-likeness (QED) is 0.718. The van der Waals surface area contributed by atoms with E-state index in [9.17, 15) is 8.42 Å². The van der Waals surface area contributed by atoms with Gasteiger partial charge in [-0.25, -0.2) is 13.1 Å². The molecule has 1 fully saturated rings. The molecule has 1 aliphatic rings. The first-order valence-electron chi connectivity index (χ1n) is 5.70. The molecule has 0 saturated heterocycles. The van der Waals surface area contributed by atoms with Crippen LogP contribution in [0.1, 0.15) is 39.0 Å². The summed E-state index contributed by atoms with van der Waals surface area (Å²) in [6.07, 6.45) is 4.38. The van der Waals surface area contributed by atoms with Crippen molar-refractivity contribution in [3.05, 3.63) is 0 Å². The fourth-order valence-electron chi connectivity index (χ4n) is 2.03. The summed E-state index contributed by atoms with van der Waals surface area (Å²) >= 11 is 0. The van der Waals surface area contributed by atoms with Gasteiger partial charge in [-0.3, -0.25) is 0 Å². The van der Waals surface area contributed by atoms with Crippen molar-refractivity contribution >= 4 is 10.0 Å². The molecule has 1 rings (SSSR count). The molecule has 0 aliphatic heterocycles. The number of aliphatic hydroxyl groups is 1. The molecule has 0 aromatic rings. The fraction of sp³-hybridized carbons (Fsp3) is 1.00. The second-order valence-electron chi connectivity index (χ2n) is 4.27. The molecule has 0 aromatic carbocycles. The number of hydrogen-bond donors (Lipinski definition) is 2. The largest absolute Gasteiger partial charge is 0.396 e. The lowest BCUT2D eigenvalue weighted by atomic mass is 10.1. The first-order valence-corrected chi connectivity index (χ1v) is 7.35. The summed E-state index contributed by atoms with van der Waals surface area (Å²) in [4.78, 5) is 0. The summed E-state index contributed by atoms with van der Waals surface area (Å²) in [7, 11) is -3.13. The zero-order valence-electron chi connectivity index (χ0n) is 9.28. The molecule has 0 bridgehead atoms. The molecule has 2 atom stereocenters. The Morgan fingerprint density at radius 3 is 2.73 bits per heavy atom. The van der Waals surface area contributed by atoms with Crippen molar-refractivity contribution in [2.45, 2.75) is 45.1 Å². The van der Waals surface area contributed by atoms with Crippen LogP contribution in [0.25, 0.3) is 0 Å². The minimum atomic E-state index is -3.13. The Labute approximate surface area is 92.1 Å². The zero-order chi connectivity index (χ0) is 11.3. The fourth-order valence-corrected chi connectivity index (χ4v) is 3.59. The highest BCUT2D eigenvalue weighted by atomic mass is 32.2. The molecule has 2 unspecified atom stereocenters. The predicted octanol–water partition coefficient (Wildman–Crippen LogP) is 0.867. The average molecular weight is 235 g/mol. The van der Waals surface area contributed by atoms with Gasteiger partial charge >= 0.3 is 0 Å². The monoisotopic (exact) mass is 235 g/mol. The molecule has 0 radical (unpaired) electrons. The minimum Gasteiger partial charge on any atom is -0.396 e. The Balaban J connectivity index is 2.45. The highest BCUT2D eigenvalue weighted by molar-refractivity contribution is 7.89. The average Bonchev–Trinajstić information content (AvgIpc) is 2.61. The Hall–Kier alpha value is -0.130. The summed E-state index contributed by atoms with van der Waals surface area (Å²) in [5.74, 6) is 0.319. The Bertz CT molecular complexity index is 276. The van der Waals surface area contributed by atoms with Crippen LogP contribution < -0.4 is 4.72 Å². The molecule has 0 amide bonds. The summed E-state index contributed by atoms with van der Waals surface area (Å²) < 4.78 is 25.9. The Morgan fingerprint density at radius 1 is 1.40 bits per heavy atom. The topological polar surface area (TPSA) is 66.4 Å². The molecule has 90 valence electrons. The van der Waals surface area contributed by atoms with Crippen LogP contribution in [0.15, 0.2) is 0 Å². The number of sulfonamides is 1. The zero-order valence-corrected chi connectivity index (χ0v) is 10.1. The van der Waals surface area contributed by atoms with Gasteiger partial charge in [-0.1, -0.05) is 19.8 Å². The van der Waals surface area contributed by atoms with Crippen molar-refractivity contribution in [2.24, 2.45) is 5.92 Å². The van der Waals surface area contributed by atoms with E-state index >= 15 is 0 Å². The number of aliphatic hydroxyl groups excluding tert-OH is 1. The standard InChI is InChI=1S/C10H21NO3S/c1-2-3-7-15(13,14)11-10-6-4-5-9(10)8-12/h9-12H,2-8H2,1H3. The van der Waals surface area contributed by atoms with Crippen LogP contribution in [-0.2, 0) is 10.0 Å². The number of rotatable bonds is 6. The van der Waals surface area contributed by atoms with Crippen molar-refractivity contribution in [2.75, 3.05) is 12.4 Å².